The number of hydrogen-bond donors (Lipinski definition) is 1. The molecule has 1 aliphatic rings. The summed E-state index contributed by atoms with van der Waals surface area (Å²) in [6.45, 7) is 3.28. The first-order chi connectivity index (χ1) is 14.4. The molecule has 1 amide bonds. The summed E-state index contributed by atoms with van der Waals surface area (Å²) in [5, 5.41) is 4.26. The third kappa shape index (κ3) is 3.91. The van der Waals surface area contributed by atoms with Crippen LogP contribution in [0, 0.1) is 6.92 Å². The van der Waals surface area contributed by atoms with Gasteiger partial charge in [-0.1, -0.05) is 11.6 Å². The largest absolute Gasteiger partial charge is 0.379 e. The van der Waals surface area contributed by atoms with Crippen molar-refractivity contribution in [3.8, 4) is 0 Å². The number of ether oxygens (including phenoxy) is 1. The quantitative estimate of drug-likeness (QED) is 0.664. The summed E-state index contributed by atoms with van der Waals surface area (Å²) in [5.41, 5.74) is 2.51. The van der Waals surface area contributed by atoms with Gasteiger partial charge in [-0.25, -0.2) is 8.42 Å². The Kier molecular flexibility index (Phi) is 5.75. The van der Waals surface area contributed by atoms with Crippen molar-refractivity contribution in [3.63, 3.8) is 0 Å². The monoisotopic (exact) mass is 445 g/mol. The van der Waals surface area contributed by atoms with Gasteiger partial charge in [0.1, 0.15) is 0 Å². The van der Waals surface area contributed by atoms with Gasteiger partial charge in [0.15, 0.2) is 0 Å². The van der Waals surface area contributed by atoms with Crippen molar-refractivity contribution in [2.45, 2.75) is 11.8 Å². The summed E-state index contributed by atoms with van der Waals surface area (Å²) < 4.78 is 32.0. The van der Waals surface area contributed by atoms with Crippen molar-refractivity contribution in [1.82, 2.24) is 9.29 Å². The Morgan fingerprint density at radius 1 is 1.10 bits per heavy atom. The highest BCUT2D eigenvalue weighted by Gasteiger charge is 2.26. The minimum atomic E-state index is -3.60. The maximum Gasteiger partial charge on any atom is 0.255 e. The number of morpholine rings is 1. The van der Waals surface area contributed by atoms with Crippen LogP contribution in [0.5, 0.6) is 0 Å². The number of carbonyl (C=O) groups excluding carboxylic acids is 1. The number of rotatable bonds is 4. The summed E-state index contributed by atoms with van der Waals surface area (Å²) in [6.07, 6.45) is 1.61. The zero-order valence-corrected chi connectivity index (χ0v) is 17.8. The number of pyridine rings is 1. The van der Waals surface area contributed by atoms with Gasteiger partial charge in [-0.15, -0.1) is 0 Å². The second-order valence-corrected chi connectivity index (χ2v) is 9.27. The number of sulfonamides is 1. The topological polar surface area (TPSA) is 88.6 Å². The molecule has 156 valence electrons. The van der Waals surface area contributed by atoms with Crippen LogP contribution in [-0.4, -0.2) is 49.9 Å². The van der Waals surface area contributed by atoms with Gasteiger partial charge in [0.05, 0.1) is 29.3 Å². The van der Waals surface area contributed by atoms with Crippen LogP contribution < -0.4 is 5.32 Å². The Bertz CT molecular complexity index is 1210. The summed E-state index contributed by atoms with van der Waals surface area (Å²) in [4.78, 5) is 17.2. The van der Waals surface area contributed by atoms with Crippen molar-refractivity contribution in [3.05, 3.63) is 64.8 Å². The molecule has 1 N–H and O–H groups in total. The third-order valence-electron chi connectivity index (χ3n) is 5.07. The van der Waals surface area contributed by atoms with E-state index in [4.69, 9.17) is 16.3 Å². The number of nitrogens with one attached hydrogen (secondary N) is 1. The maximum atomic E-state index is 12.7. The summed E-state index contributed by atoms with van der Waals surface area (Å²) in [7, 11) is -3.60. The molecule has 1 fully saturated rings. The van der Waals surface area contributed by atoms with Gasteiger partial charge in [0.2, 0.25) is 10.0 Å². The zero-order chi connectivity index (χ0) is 21.3. The predicted molar refractivity (Wildman–Crippen MR) is 115 cm³/mol. The number of aryl methyl sites for hydroxylation is 1. The lowest BCUT2D eigenvalue weighted by Crippen LogP contribution is -2.40. The highest BCUT2D eigenvalue weighted by atomic mass is 35.5. The number of anilines is 1. The number of fused-ring (bicyclic) bond motifs is 1. The molecule has 1 aliphatic heterocycles. The van der Waals surface area contributed by atoms with Gasteiger partial charge >= 0.3 is 0 Å². The van der Waals surface area contributed by atoms with E-state index in [0.717, 1.165) is 10.9 Å². The molecule has 1 saturated heterocycles. The lowest BCUT2D eigenvalue weighted by atomic mass is 10.1. The van der Waals surface area contributed by atoms with Crippen LogP contribution in [0.15, 0.2) is 53.6 Å². The molecule has 3 aromatic rings. The SMILES string of the molecule is Cc1c(Cl)ccc2c(NC(=O)c3ccc(S(=O)(=O)N4CCOCC4)cc3)ccnc12. The van der Waals surface area contributed by atoms with Crippen LogP contribution in [-0.2, 0) is 14.8 Å². The van der Waals surface area contributed by atoms with E-state index in [1.54, 1.807) is 18.3 Å². The van der Waals surface area contributed by atoms with Crippen LogP contribution in [0.3, 0.4) is 0 Å². The second kappa shape index (κ2) is 8.31. The maximum absolute atomic E-state index is 12.7. The number of halogens is 1. The average Bonchev–Trinajstić information content (AvgIpc) is 2.77. The lowest BCUT2D eigenvalue weighted by Gasteiger charge is -2.26. The first kappa shape index (κ1) is 20.7. The Morgan fingerprint density at radius 2 is 1.80 bits per heavy atom. The first-order valence-electron chi connectivity index (χ1n) is 9.41. The van der Waals surface area contributed by atoms with Crippen molar-refractivity contribution in [2.24, 2.45) is 0 Å². The number of hydrogen-bond acceptors (Lipinski definition) is 5. The van der Waals surface area contributed by atoms with E-state index in [9.17, 15) is 13.2 Å². The Morgan fingerprint density at radius 3 is 2.50 bits per heavy atom. The van der Waals surface area contributed by atoms with Gasteiger partial charge in [-0.2, -0.15) is 4.31 Å². The molecule has 0 bridgehead atoms. The van der Waals surface area contributed by atoms with E-state index in [2.05, 4.69) is 10.3 Å². The molecule has 0 radical (unpaired) electrons. The van der Waals surface area contributed by atoms with Crippen LogP contribution >= 0.6 is 11.6 Å². The molecule has 2 aromatic carbocycles. The highest BCUT2D eigenvalue weighted by molar-refractivity contribution is 7.89. The molecule has 0 saturated carbocycles. The number of amides is 1. The average molecular weight is 446 g/mol. The minimum absolute atomic E-state index is 0.153. The second-order valence-electron chi connectivity index (χ2n) is 6.92. The van der Waals surface area contributed by atoms with Gasteiger partial charge in [0, 0.05) is 35.3 Å². The van der Waals surface area contributed by atoms with E-state index in [0.29, 0.717) is 48.1 Å². The van der Waals surface area contributed by atoms with Crippen molar-refractivity contribution >= 4 is 44.1 Å². The minimum Gasteiger partial charge on any atom is -0.379 e. The fraction of sp³-hybridized carbons (Fsp3) is 0.238. The Balaban J connectivity index is 1.56. The lowest BCUT2D eigenvalue weighted by molar-refractivity contribution is 0.0730. The summed E-state index contributed by atoms with van der Waals surface area (Å²) in [5.74, 6) is -0.342. The molecule has 0 spiro atoms. The molecule has 30 heavy (non-hydrogen) atoms. The number of carbonyl (C=O) groups is 1. The number of nitrogens with zero attached hydrogens (tertiary/aromatic N) is 2. The molecule has 7 nitrogen and oxygen atoms in total. The molecule has 9 heteroatoms. The molecule has 0 atom stereocenters. The van der Waals surface area contributed by atoms with E-state index in [1.165, 1.54) is 28.6 Å². The molecule has 0 unspecified atom stereocenters. The molecular formula is C21H20ClN3O4S. The highest BCUT2D eigenvalue weighted by Crippen LogP contribution is 2.29. The van der Waals surface area contributed by atoms with E-state index < -0.39 is 10.0 Å². The third-order valence-corrected chi connectivity index (χ3v) is 7.39. The summed E-state index contributed by atoms with van der Waals surface area (Å²) in [6, 6.07) is 11.2. The molecule has 0 aliphatic carbocycles. The molecule has 2 heterocycles. The normalized spacial score (nSPS) is 15.3. The Labute approximate surface area is 179 Å². The molecular weight excluding hydrogens is 426 g/mol. The first-order valence-corrected chi connectivity index (χ1v) is 11.2. The van der Waals surface area contributed by atoms with Crippen molar-refractivity contribution < 1.29 is 17.9 Å². The van der Waals surface area contributed by atoms with E-state index >= 15 is 0 Å². The summed E-state index contributed by atoms with van der Waals surface area (Å²) >= 11 is 6.16. The van der Waals surface area contributed by atoms with Crippen LogP contribution in [0.4, 0.5) is 5.69 Å². The van der Waals surface area contributed by atoms with Gasteiger partial charge in [0.25, 0.3) is 5.91 Å². The van der Waals surface area contributed by atoms with Crippen molar-refractivity contribution in [1.29, 1.82) is 0 Å². The van der Waals surface area contributed by atoms with Gasteiger partial charge in [-0.05, 0) is 55.0 Å². The van der Waals surface area contributed by atoms with E-state index in [1.807, 2.05) is 13.0 Å². The van der Waals surface area contributed by atoms with Crippen LogP contribution in [0.25, 0.3) is 10.9 Å². The molecule has 4 rings (SSSR count). The standard InChI is InChI=1S/C21H20ClN3O4S/c1-14-18(22)7-6-17-19(8-9-23-20(14)17)24-21(26)15-2-4-16(5-3-15)30(27,28)25-10-12-29-13-11-25/h2-9H,10-13H2,1H3,(H,23,24,26). The fourth-order valence-corrected chi connectivity index (χ4v) is 4.91. The number of benzene rings is 2. The van der Waals surface area contributed by atoms with E-state index in [-0.39, 0.29) is 10.8 Å². The number of aromatic nitrogens is 1. The van der Waals surface area contributed by atoms with Crippen LogP contribution in [0.2, 0.25) is 5.02 Å². The predicted octanol–water partition coefficient (Wildman–Crippen LogP) is 3.47. The smallest absolute Gasteiger partial charge is 0.255 e. The fourth-order valence-electron chi connectivity index (χ4n) is 3.35. The van der Waals surface area contributed by atoms with Gasteiger partial charge < -0.3 is 10.1 Å². The Hall–Kier alpha value is -2.52. The van der Waals surface area contributed by atoms with Crippen LogP contribution in [0.1, 0.15) is 15.9 Å². The van der Waals surface area contributed by atoms with Crippen molar-refractivity contribution in [2.75, 3.05) is 31.6 Å². The van der Waals surface area contributed by atoms with Gasteiger partial charge in [-0.3, -0.25) is 9.78 Å². The zero-order valence-electron chi connectivity index (χ0n) is 16.3. The molecule has 1 aromatic heterocycles.